The monoisotopic (exact) mass is 377 g/mol. The molecule has 0 spiro atoms. The molecule has 28 heavy (non-hydrogen) atoms. The third-order valence-electron chi connectivity index (χ3n) is 4.92. The van der Waals surface area contributed by atoms with E-state index in [1.165, 1.54) is 0 Å². The lowest BCUT2D eigenvalue weighted by Crippen LogP contribution is -2.34. The predicted octanol–water partition coefficient (Wildman–Crippen LogP) is 1.77. The van der Waals surface area contributed by atoms with Crippen LogP contribution in [0.3, 0.4) is 0 Å². The van der Waals surface area contributed by atoms with Gasteiger partial charge in [-0.1, -0.05) is 18.2 Å². The maximum atomic E-state index is 10.6. The summed E-state index contributed by atoms with van der Waals surface area (Å²) in [7, 11) is 1.85. The van der Waals surface area contributed by atoms with E-state index in [9.17, 15) is 5.11 Å². The average Bonchev–Trinajstić information content (AvgIpc) is 3.46. The summed E-state index contributed by atoms with van der Waals surface area (Å²) < 4.78 is 9.13. The van der Waals surface area contributed by atoms with Gasteiger partial charge in [0.15, 0.2) is 6.10 Å². The lowest BCUT2D eigenvalue weighted by Gasteiger charge is -2.25. The molecule has 9 nitrogen and oxygen atoms in total. The number of aryl methyl sites for hydroxylation is 1. The minimum absolute atomic E-state index is 0.501. The number of nitrogens with zero attached hydrogens (tertiary/aromatic N) is 7. The zero-order chi connectivity index (χ0) is 19.1. The fourth-order valence-electron chi connectivity index (χ4n) is 3.41. The molecule has 0 saturated carbocycles. The Bertz CT molecular complexity index is 1100. The topological polar surface area (TPSA) is 98.0 Å². The fourth-order valence-corrected chi connectivity index (χ4v) is 3.41. The van der Waals surface area contributed by atoms with E-state index < -0.39 is 6.10 Å². The van der Waals surface area contributed by atoms with Crippen LogP contribution in [0.4, 0.5) is 5.95 Å². The van der Waals surface area contributed by atoms with Gasteiger partial charge in [0.25, 0.3) is 11.8 Å². The fraction of sp³-hybridized carbons (Fsp3) is 0.263. The molecule has 0 radical (unpaired) electrons. The highest BCUT2D eigenvalue weighted by Crippen LogP contribution is 2.25. The Morgan fingerprint density at radius 3 is 2.82 bits per heavy atom. The van der Waals surface area contributed by atoms with Crippen LogP contribution in [0.5, 0.6) is 0 Å². The third kappa shape index (κ3) is 2.85. The largest absolute Gasteiger partial charge is 0.379 e. The molecule has 9 heteroatoms. The number of fused-ring (bicyclic) bond motifs is 1. The molecular formula is C19H19N7O2. The maximum Gasteiger partial charge on any atom is 0.266 e. The molecule has 0 bridgehead atoms. The molecule has 0 saturated heterocycles. The number of aliphatic hydroxyl groups excluding tert-OH is 1. The van der Waals surface area contributed by atoms with Crippen molar-refractivity contribution in [2.75, 3.05) is 11.4 Å². The lowest BCUT2D eigenvalue weighted by atomic mass is 10.2. The van der Waals surface area contributed by atoms with Gasteiger partial charge in [-0.05, 0) is 23.4 Å². The molecule has 0 amide bonds. The number of hydrogen-bond donors (Lipinski definition) is 1. The van der Waals surface area contributed by atoms with E-state index in [-0.39, 0.29) is 0 Å². The Morgan fingerprint density at radius 1 is 1.18 bits per heavy atom. The molecular weight excluding hydrogens is 358 g/mol. The van der Waals surface area contributed by atoms with Crippen LogP contribution in [0.15, 0.2) is 53.3 Å². The van der Waals surface area contributed by atoms with Gasteiger partial charge in [0.1, 0.15) is 5.82 Å². The number of benzene rings is 1. The van der Waals surface area contributed by atoms with E-state index in [4.69, 9.17) is 4.52 Å². The van der Waals surface area contributed by atoms with Crippen molar-refractivity contribution >= 4 is 5.95 Å². The Labute approximate surface area is 160 Å². The van der Waals surface area contributed by atoms with Crippen molar-refractivity contribution in [1.29, 1.82) is 0 Å². The van der Waals surface area contributed by atoms with Crippen molar-refractivity contribution in [3.8, 4) is 11.5 Å². The first-order valence-corrected chi connectivity index (χ1v) is 9.05. The van der Waals surface area contributed by atoms with Gasteiger partial charge in [-0.15, -0.1) is 0 Å². The van der Waals surface area contributed by atoms with Crippen LogP contribution in [0.1, 0.15) is 23.3 Å². The second-order valence-electron chi connectivity index (χ2n) is 6.77. The van der Waals surface area contributed by atoms with Crippen molar-refractivity contribution in [3.63, 3.8) is 0 Å². The standard InChI is InChI=1S/C19H19N7O2/c1-24-8-7-20-17(24)16(27)15-11-14-12-25(9-10-26(14)22-15)19-21-18(28-23-19)13-5-3-2-4-6-13/h2-8,11,16,27H,9-10,12H2,1H3. The molecule has 1 aliphatic heterocycles. The second-order valence-corrected chi connectivity index (χ2v) is 6.77. The Hall–Kier alpha value is -3.46. The van der Waals surface area contributed by atoms with E-state index in [0.717, 1.165) is 11.3 Å². The van der Waals surface area contributed by atoms with Gasteiger partial charge in [0.2, 0.25) is 0 Å². The zero-order valence-electron chi connectivity index (χ0n) is 15.3. The molecule has 1 aromatic carbocycles. The Kier molecular flexibility index (Phi) is 3.94. The van der Waals surface area contributed by atoms with Crippen LogP contribution in [0, 0.1) is 0 Å². The first kappa shape index (κ1) is 16.7. The summed E-state index contributed by atoms with van der Waals surface area (Å²) in [5.41, 5.74) is 2.47. The molecule has 4 aromatic rings. The van der Waals surface area contributed by atoms with Crippen LogP contribution in [0.2, 0.25) is 0 Å². The van der Waals surface area contributed by atoms with E-state index in [0.29, 0.717) is 43.0 Å². The van der Waals surface area contributed by atoms with E-state index >= 15 is 0 Å². The molecule has 1 unspecified atom stereocenters. The highest BCUT2D eigenvalue weighted by molar-refractivity contribution is 5.54. The quantitative estimate of drug-likeness (QED) is 0.579. The van der Waals surface area contributed by atoms with Gasteiger partial charge in [0, 0.05) is 31.5 Å². The minimum Gasteiger partial charge on any atom is -0.379 e. The van der Waals surface area contributed by atoms with E-state index in [1.54, 1.807) is 17.0 Å². The van der Waals surface area contributed by atoms with E-state index in [1.807, 2.05) is 53.0 Å². The van der Waals surface area contributed by atoms with Gasteiger partial charge in [0.05, 0.1) is 24.5 Å². The Balaban J connectivity index is 1.37. The molecule has 1 atom stereocenters. The second kappa shape index (κ2) is 6.61. The van der Waals surface area contributed by atoms with Gasteiger partial charge < -0.3 is 19.1 Å². The number of imidazole rings is 1. The third-order valence-corrected chi connectivity index (χ3v) is 4.92. The van der Waals surface area contributed by atoms with E-state index in [2.05, 4.69) is 20.2 Å². The average molecular weight is 377 g/mol. The summed E-state index contributed by atoms with van der Waals surface area (Å²) in [4.78, 5) is 10.8. The Morgan fingerprint density at radius 2 is 2.04 bits per heavy atom. The zero-order valence-corrected chi connectivity index (χ0v) is 15.3. The molecule has 0 fully saturated rings. The van der Waals surface area contributed by atoms with Crippen molar-refractivity contribution in [3.05, 3.63) is 66.0 Å². The first-order valence-electron chi connectivity index (χ1n) is 9.05. The SMILES string of the molecule is Cn1ccnc1C(O)c1cc2n(n1)CCN(c1noc(-c3ccccc3)n1)C2. The van der Waals surface area contributed by atoms with Crippen molar-refractivity contribution in [2.45, 2.75) is 19.2 Å². The summed E-state index contributed by atoms with van der Waals surface area (Å²) in [5, 5.41) is 19.3. The van der Waals surface area contributed by atoms with Gasteiger partial charge in [-0.3, -0.25) is 4.68 Å². The van der Waals surface area contributed by atoms with Crippen LogP contribution in [0.25, 0.3) is 11.5 Å². The molecule has 5 rings (SSSR count). The smallest absolute Gasteiger partial charge is 0.266 e. The predicted molar refractivity (Wildman–Crippen MR) is 100 cm³/mol. The molecule has 4 heterocycles. The van der Waals surface area contributed by atoms with Crippen molar-refractivity contribution in [1.82, 2.24) is 29.5 Å². The van der Waals surface area contributed by atoms with Crippen LogP contribution in [-0.2, 0) is 20.1 Å². The normalized spacial score (nSPS) is 14.9. The molecule has 1 N–H and O–H groups in total. The number of hydrogen-bond acceptors (Lipinski definition) is 7. The van der Waals surface area contributed by atoms with Crippen LogP contribution < -0.4 is 4.90 Å². The van der Waals surface area contributed by atoms with Gasteiger partial charge in [-0.2, -0.15) is 10.1 Å². The molecule has 142 valence electrons. The minimum atomic E-state index is -0.860. The summed E-state index contributed by atoms with van der Waals surface area (Å²) in [5.74, 6) is 1.62. The first-order chi connectivity index (χ1) is 13.7. The van der Waals surface area contributed by atoms with Gasteiger partial charge >= 0.3 is 0 Å². The lowest BCUT2D eigenvalue weighted by molar-refractivity contribution is 0.200. The summed E-state index contributed by atoms with van der Waals surface area (Å²) in [6.07, 6.45) is 2.61. The number of anilines is 1. The highest BCUT2D eigenvalue weighted by atomic mass is 16.5. The highest BCUT2D eigenvalue weighted by Gasteiger charge is 2.25. The summed E-state index contributed by atoms with van der Waals surface area (Å²) in [6.45, 7) is 1.98. The summed E-state index contributed by atoms with van der Waals surface area (Å²) >= 11 is 0. The van der Waals surface area contributed by atoms with Crippen LogP contribution >= 0.6 is 0 Å². The molecule has 1 aliphatic rings. The summed E-state index contributed by atoms with van der Waals surface area (Å²) in [6, 6.07) is 11.6. The number of aliphatic hydroxyl groups is 1. The van der Waals surface area contributed by atoms with Crippen molar-refractivity contribution < 1.29 is 9.63 Å². The number of aromatic nitrogens is 6. The number of rotatable bonds is 4. The van der Waals surface area contributed by atoms with Crippen LogP contribution in [-0.4, -0.2) is 41.1 Å². The van der Waals surface area contributed by atoms with Crippen molar-refractivity contribution in [2.24, 2.45) is 7.05 Å². The van der Waals surface area contributed by atoms with Gasteiger partial charge in [-0.25, -0.2) is 4.98 Å². The molecule has 3 aromatic heterocycles. The molecule has 0 aliphatic carbocycles. The maximum absolute atomic E-state index is 10.6.